The lowest BCUT2D eigenvalue weighted by Gasteiger charge is -2.31. The van der Waals surface area contributed by atoms with Gasteiger partial charge in [0.25, 0.3) is 0 Å². The van der Waals surface area contributed by atoms with Crippen molar-refractivity contribution in [2.24, 2.45) is 0 Å². The van der Waals surface area contributed by atoms with Crippen LogP contribution in [0.15, 0.2) is 35.2 Å². The summed E-state index contributed by atoms with van der Waals surface area (Å²) in [6, 6.07) is 7.80. The highest BCUT2D eigenvalue weighted by Crippen LogP contribution is 2.31. The number of hydrogen-bond acceptors (Lipinski definition) is 5. The number of thioether (sulfide) groups is 1. The quantitative estimate of drug-likeness (QED) is 0.161. The molecule has 0 aromatic heterocycles. The monoisotopic (exact) mass is 482 g/mol. The molecule has 2 aromatic rings. The summed E-state index contributed by atoms with van der Waals surface area (Å²) in [4.78, 5) is 26.7. The number of ketones is 1. The molecule has 0 saturated heterocycles. The van der Waals surface area contributed by atoms with Crippen LogP contribution in [0.2, 0.25) is 0 Å². The summed E-state index contributed by atoms with van der Waals surface area (Å²) in [5.74, 6) is 0.223. The minimum atomic E-state index is -1.13. The summed E-state index contributed by atoms with van der Waals surface area (Å²) >= 11 is 1.70. The Morgan fingerprint density at radius 3 is 1.91 bits per heavy atom. The van der Waals surface area contributed by atoms with Crippen molar-refractivity contribution in [2.75, 3.05) is 6.26 Å². The second-order valence-corrected chi connectivity index (χ2v) is 10.8. The van der Waals surface area contributed by atoms with Crippen molar-refractivity contribution in [1.29, 1.82) is 0 Å². The fraction of sp³-hybridized carbons (Fsp3) is 0.448. The van der Waals surface area contributed by atoms with Crippen molar-refractivity contribution in [1.82, 2.24) is 0 Å². The molecule has 5 heteroatoms. The van der Waals surface area contributed by atoms with Gasteiger partial charge in [-0.1, -0.05) is 13.0 Å². The maximum atomic E-state index is 12.8. The zero-order valence-electron chi connectivity index (χ0n) is 22.2. The van der Waals surface area contributed by atoms with Gasteiger partial charge in [0.05, 0.1) is 0 Å². The van der Waals surface area contributed by atoms with Crippen LogP contribution in [0.4, 0.5) is 0 Å². The maximum absolute atomic E-state index is 12.8. The lowest BCUT2D eigenvalue weighted by molar-refractivity contribution is -0.172. The molecule has 0 aliphatic rings. The first-order valence-corrected chi connectivity index (χ1v) is 12.8. The second-order valence-electron chi connectivity index (χ2n) is 9.94. The zero-order valence-corrected chi connectivity index (χ0v) is 23.0. The fourth-order valence-electron chi connectivity index (χ4n) is 3.67. The van der Waals surface area contributed by atoms with Crippen LogP contribution in [0.25, 0.3) is 6.08 Å². The molecule has 0 spiro atoms. The van der Waals surface area contributed by atoms with Gasteiger partial charge in [-0.05, 0) is 126 Å². The third-order valence-corrected chi connectivity index (χ3v) is 6.98. The van der Waals surface area contributed by atoms with Gasteiger partial charge in [-0.25, -0.2) is 4.79 Å². The first-order valence-electron chi connectivity index (χ1n) is 11.6. The van der Waals surface area contributed by atoms with E-state index in [-0.39, 0.29) is 5.78 Å². The van der Waals surface area contributed by atoms with Crippen LogP contribution in [-0.4, -0.2) is 29.2 Å². The second kappa shape index (κ2) is 10.8. The highest BCUT2D eigenvalue weighted by molar-refractivity contribution is 7.98. The zero-order chi connectivity index (χ0) is 25.8. The van der Waals surface area contributed by atoms with Crippen LogP contribution in [0, 0.1) is 27.7 Å². The number of benzene rings is 2. The van der Waals surface area contributed by atoms with Crippen LogP contribution in [0.5, 0.6) is 5.75 Å². The lowest BCUT2D eigenvalue weighted by Crippen LogP contribution is -2.44. The number of carbonyl (C=O) groups is 2. The van der Waals surface area contributed by atoms with E-state index < -0.39 is 17.2 Å². The molecule has 0 fully saturated rings. The average molecular weight is 483 g/mol. The van der Waals surface area contributed by atoms with E-state index in [1.807, 2.05) is 85.1 Å². The van der Waals surface area contributed by atoms with Gasteiger partial charge in [-0.15, -0.1) is 11.8 Å². The minimum absolute atomic E-state index is 0.0306. The van der Waals surface area contributed by atoms with Crippen molar-refractivity contribution in [3.63, 3.8) is 0 Å². The molecule has 0 aliphatic heterocycles. The number of ether oxygens (including phenoxy) is 2. The van der Waals surface area contributed by atoms with Crippen molar-refractivity contribution < 1.29 is 19.1 Å². The van der Waals surface area contributed by atoms with Crippen LogP contribution in [-0.2, 0) is 9.53 Å². The van der Waals surface area contributed by atoms with Crippen molar-refractivity contribution in [3.05, 3.63) is 63.7 Å². The number of rotatable bonds is 9. The Kier molecular flexibility index (Phi) is 8.81. The molecule has 0 heterocycles. The Balaban J connectivity index is 2.23. The van der Waals surface area contributed by atoms with Crippen molar-refractivity contribution in [3.8, 4) is 5.75 Å². The molecular formula is C29H38O4S. The number of esters is 1. The summed E-state index contributed by atoms with van der Waals surface area (Å²) in [6.45, 7) is 17.1. The summed E-state index contributed by atoms with van der Waals surface area (Å²) in [7, 11) is 0. The van der Waals surface area contributed by atoms with Gasteiger partial charge in [0.2, 0.25) is 0 Å². The molecule has 0 atom stereocenters. The van der Waals surface area contributed by atoms with Gasteiger partial charge in [0, 0.05) is 10.5 Å². The number of allylic oxidation sites excluding steroid dienone is 1. The third-order valence-electron chi connectivity index (χ3n) is 5.93. The Bertz CT molecular complexity index is 1060. The van der Waals surface area contributed by atoms with Gasteiger partial charge >= 0.3 is 5.97 Å². The molecule has 0 radical (unpaired) electrons. The first kappa shape index (κ1) is 27.7. The van der Waals surface area contributed by atoms with E-state index in [9.17, 15) is 9.59 Å². The van der Waals surface area contributed by atoms with E-state index in [1.54, 1.807) is 31.7 Å². The lowest BCUT2D eigenvalue weighted by atomic mass is 10.0. The molecule has 4 nitrogen and oxygen atoms in total. The summed E-state index contributed by atoms with van der Waals surface area (Å²) in [6.07, 6.45) is 6.19. The normalized spacial score (nSPS) is 12.2. The average Bonchev–Trinajstić information content (AvgIpc) is 2.74. The minimum Gasteiger partial charge on any atom is -0.476 e. The molecule has 0 bridgehead atoms. The van der Waals surface area contributed by atoms with E-state index in [1.165, 1.54) is 4.90 Å². The SMILES string of the molecule is CCC(C)(C)OC(=O)C(C)(C)Oc1c(C)cc(/C=C/C(=O)c2cc(C)c(SC)c(C)c2)cc1C. The molecule has 0 amide bonds. The predicted molar refractivity (Wildman–Crippen MR) is 142 cm³/mol. The highest BCUT2D eigenvalue weighted by Gasteiger charge is 2.36. The van der Waals surface area contributed by atoms with Gasteiger partial charge in [0.1, 0.15) is 11.4 Å². The molecule has 0 unspecified atom stereocenters. The number of carbonyl (C=O) groups excluding carboxylic acids is 2. The maximum Gasteiger partial charge on any atom is 0.350 e. The van der Waals surface area contributed by atoms with Gasteiger partial charge in [-0.2, -0.15) is 0 Å². The summed E-state index contributed by atoms with van der Waals surface area (Å²) < 4.78 is 11.8. The fourth-order valence-corrected chi connectivity index (χ4v) is 4.43. The van der Waals surface area contributed by atoms with E-state index in [4.69, 9.17) is 9.47 Å². The molecule has 0 aliphatic carbocycles. The van der Waals surface area contributed by atoms with Gasteiger partial charge in [-0.3, -0.25) is 4.79 Å². The standard InChI is InChI=1S/C29H38O4S/c1-11-28(6,7)33-27(31)29(8,9)32-25-18(2)14-22(15-19(25)3)12-13-24(30)23-16-20(4)26(34-10)21(5)17-23/h12-17H,11H2,1-10H3/b13-12+. The largest absolute Gasteiger partial charge is 0.476 e. The van der Waals surface area contributed by atoms with Crippen molar-refractivity contribution >= 4 is 29.6 Å². The predicted octanol–water partition coefficient (Wildman–Crippen LogP) is 7.43. The van der Waals surface area contributed by atoms with Crippen molar-refractivity contribution in [2.45, 2.75) is 84.8 Å². The highest BCUT2D eigenvalue weighted by atomic mass is 32.2. The Labute approximate surface area is 209 Å². The number of hydrogen-bond donors (Lipinski definition) is 0. The number of aryl methyl sites for hydroxylation is 4. The Morgan fingerprint density at radius 2 is 1.44 bits per heavy atom. The van der Waals surface area contributed by atoms with Crippen LogP contribution in [0.1, 0.15) is 79.2 Å². The van der Waals surface area contributed by atoms with Crippen LogP contribution < -0.4 is 4.74 Å². The first-order chi connectivity index (χ1) is 15.7. The molecule has 0 N–H and O–H groups in total. The molecular weight excluding hydrogens is 444 g/mol. The Morgan fingerprint density at radius 1 is 0.912 bits per heavy atom. The van der Waals surface area contributed by atoms with Gasteiger partial charge in [0.15, 0.2) is 11.4 Å². The van der Waals surface area contributed by atoms with E-state index >= 15 is 0 Å². The molecule has 34 heavy (non-hydrogen) atoms. The van der Waals surface area contributed by atoms with Crippen LogP contribution >= 0.6 is 11.8 Å². The van der Waals surface area contributed by atoms with Gasteiger partial charge < -0.3 is 9.47 Å². The Hall–Kier alpha value is -2.53. The van der Waals surface area contributed by atoms with E-state index in [0.29, 0.717) is 17.7 Å². The topological polar surface area (TPSA) is 52.6 Å². The molecule has 2 rings (SSSR count). The van der Waals surface area contributed by atoms with E-state index in [0.717, 1.165) is 27.8 Å². The molecule has 2 aromatic carbocycles. The smallest absolute Gasteiger partial charge is 0.350 e. The molecule has 184 valence electrons. The summed E-state index contributed by atoms with van der Waals surface area (Å²) in [5, 5.41) is 0. The third kappa shape index (κ3) is 6.75. The van der Waals surface area contributed by atoms with Crippen LogP contribution in [0.3, 0.4) is 0 Å². The molecule has 0 saturated carbocycles. The van der Waals surface area contributed by atoms with E-state index in [2.05, 4.69) is 0 Å². The summed E-state index contributed by atoms with van der Waals surface area (Å²) in [5.41, 5.74) is 3.91.